The molecular formula is C16H26ClN3. The number of hydrogen-bond acceptors (Lipinski definition) is 3. The van der Waals surface area contributed by atoms with E-state index in [-0.39, 0.29) is 0 Å². The van der Waals surface area contributed by atoms with Crippen LogP contribution in [0, 0.1) is 5.92 Å². The zero-order chi connectivity index (χ0) is 14.5. The molecule has 0 saturated carbocycles. The van der Waals surface area contributed by atoms with Crippen LogP contribution in [-0.2, 0) is 6.54 Å². The fraction of sp³-hybridized carbons (Fsp3) is 0.688. The van der Waals surface area contributed by atoms with Crippen molar-refractivity contribution in [1.29, 1.82) is 0 Å². The lowest BCUT2D eigenvalue weighted by molar-refractivity contribution is 0.521. The smallest absolute Gasteiger partial charge is 0.128 e. The molecule has 0 spiro atoms. The minimum absolute atomic E-state index is 0.460. The van der Waals surface area contributed by atoms with Crippen molar-refractivity contribution in [2.45, 2.75) is 52.6 Å². The van der Waals surface area contributed by atoms with Gasteiger partial charge in [0.2, 0.25) is 0 Å². The van der Waals surface area contributed by atoms with Crippen LogP contribution in [0.25, 0.3) is 0 Å². The average molecular weight is 296 g/mol. The maximum atomic E-state index is 6.25. The van der Waals surface area contributed by atoms with E-state index in [4.69, 9.17) is 11.6 Å². The molecule has 1 aliphatic heterocycles. The van der Waals surface area contributed by atoms with Gasteiger partial charge in [-0.1, -0.05) is 32.4 Å². The number of hydrogen-bond donors (Lipinski definition) is 1. The summed E-state index contributed by atoms with van der Waals surface area (Å²) in [4.78, 5) is 6.92. The van der Waals surface area contributed by atoms with E-state index >= 15 is 0 Å². The van der Waals surface area contributed by atoms with E-state index < -0.39 is 0 Å². The van der Waals surface area contributed by atoms with Gasteiger partial charge in [-0.3, -0.25) is 0 Å². The number of nitrogens with one attached hydrogen (secondary N) is 1. The zero-order valence-electron chi connectivity index (χ0n) is 12.8. The monoisotopic (exact) mass is 295 g/mol. The van der Waals surface area contributed by atoms with Crippen molar-refractivity contribution < 1.29 is 0 Å². The van der Waals surface area contributed by atoms with Gasteiger partial charge in [-0.2, -0.15) is 0 Å². The summed E-state index contributed by atoms with van der Waals surface area (Å²) < 4.78 is 0. The molecule has 0 aliphatic carbocycles. The minimum Gasteiger partial charge on any atom is -0.357 e. The number of rotatable bonds is 4. The molecule has 112 valence electrons. The van der Waals surface area contributed by atoms with Crippen LogP contribution in [0.15, 0.2) is 12.3 Å². The first-order valence-corrected chi connectivity index (χ1v) is 8.07. The molecule has 1 aromatic rings. The zero-order valence-corrected chi connectivity index (χ0v) is 13.6. The highest BCUT2D eigenvalue weighted by Crippen LogP contribution is 2.24. The summed E-state index contributed by atoms with van der Waals surface area (Å²) in [6.45, 7) is 9.65. The third-order valence-corrected chi connectivity index (χ3v) is 4.30. The van der Waals surface area contributed by atoms with Crippen molar-refractivity contribution in [3.63, 3.8) is 0 Å². The molecule has 0 radical (unpaired) electrons. The Kier molecular flexibility index (Phi) is 5.67. The summed E-state index contributed by atoms with van der Waals surface area (Å²) in [5.41, 5.74) is 1.14. The molecule has 0 bridgehead atoms. The number of nitrogens with zero attached hydrogens (tertiary/aromatic N) is 2. The molecule has 2 heterocycles. The maximum Gasteiger partial charge on any atom is 0.128 e. The van der Waals surface area contributed by atoms with Gasteiger partial charge in [0.25, 0.3) is 0 Å². The molecule has 1 fully saturated rings. The first-order chi connectivity index (χ1) is 9.56. The van der Waals surface area contributed by atoms with Gasteiger partial charge in [0.05, 0.1) is 5.02 Å². The van der Waals surface area contributed by atoms with Gasteiger partial charge in [-0.25, -0.2) is 4.98 Å². The maximum absolute atomic E-state index is 6.25. The normalized spacial score (nSPS) is 20.2. The second kappa shape index (κ2) is 7.28. The van der Waals surface area contributed by atoms with Crippen LogP contribution in [-0.4, -0.2) is 24.1 Å². The predicted octanol–water partition coefficient (Wildman–Crippen LogP) is 3.86. The number of halogens is 1. The highest BCUT2D eigenvalue weighted by molar-refractivity contribution is 6.31. The molecule has 1 unspecified atom stereocenters. The Hall–Kier alpha value is -0.800. The van der Waals surface area contributed by atoms with Crippen molar-refractivity contribution in [3.05, 3.63) is 22.8 Å². The molecule has 0 amide bonds. The predicted molar refractivity (Wildman–Crippen MR) is 86.5 cm³/mol. The van der Waals surface area contributed by atoms with Gasteiger partial charge in [0.1, 0.15) is 5.82 Å². The third-order valence-electron chi connectivity index (χ3n) is 3.96. The molecule has 1 N–H and O–H groups in total. The highest BCUT2D eigenvalue weighted by Gasteiger charge is 2.16. The molecule has 20 heavy (non-hydrogen) atoms. The lowest BCUT2D eigenvalue weighted by atomic mass is 10.0. The quantitative estimate of drug-likeness (QED) is 0.914. The molecule has 3 nitrogen and oxygen atoms in total. The standard InChI is InChI=1S/C16H26ClN3/c1-12(2)18-10-14-9-16(19-11-15(14)17)20-7-4-5-13(3)6-8-20/h9,11-13,18H,4-8,10H2,1-3H3. The van der Waals surface area contributed by atoms with Crippen molar-refractivity contribution in [2.24, 2.45) is 5.92 Å². The van der Waals surface area contributed by atoms with Crippen LogP contribution in [0.5, 0.6) is 0 Å². The minimum atomic E-state index is 0.460. The lowest BCUT2D eigenvalue weighted by Gasteiger charge is -2.22. The van der Waals surface area contributed by atoms with Crippen molar-refractivity contribution in [3.8, 4) is 0 Å². The summed E-state index contributed by atoms with van der Waals surface area (Å²) in [5, 5.41) is 4.18. The second-order valence-electron chi connectivity index (χ2n) is 6.19. The average Bonchev–Trinajstić information content (AvgIpc) is 2.62. The van der Waals surface area contributed by atoms with Crippen LogP contribution < -0.4 is 10.2 Å². The van der Waals surface area contributed by atoms with Crippen LogP contribution in [0.1, 0.15) is 45.6 Å². The molecule has 1 saturated heterocycles. The summed E-state index contributed by atoms with van der Waals surface area (Å²) >= 11 is 6.25. The molecule has 0 aromatic carbocycles. The van der Waals surface area contributed by atoms with Crippen LogP contribution in [0.3, 0.4) is 0 Å². The van der Waals surface area contributed by atoms with Gasteiger partial charge in [-0.05, 0) is 36.8 Å². The van der Waals surface area contributed by atoms with Crippen molar-refractivity contribution in [2.75, 3.05) is 18.0 Å². The molecule has 2 rings (SSSR count). The largest absolute Gasteiger partial charge is 0.357 e. The van der Waals surface area contributed by atoms with Gasteiger partial charge in [0, 0.05) is 31.9 Å². The number of pyridine rings is 1. The molecular weight excluding hydrogens is 270 g/mol. The Morgan fingerprint density at radius 2 is 2.20 bits per heavy atom. The van der Waals surface area contributed by atoms with E-state index in [1.807, 2.05) is 0 Å². The van der Waals surface area contributed by atoms with E-state index in [0.717, 1.165) is 42.0 Å². The Balaban J connectivity index is 2.09. The van der Waals surface area contributed by atoms with Crippen molar-refractivity contribution in [1.82, 2.24) is 10.3 Å². The van der Waals surface area contributed by atoms with Crippen molar-refractivity contribution >= 4 is 17.4 Å². The van der Waals surface area contributed by atoms with Crippen LogP contribution in [0.4, 0.5) is 5.82 Å². The lowest BCUT2D eigenvalue weighted by Crippen LogP contribution is -2.26. The van der Waals surface area contributed by atoms with E-state index in [2.05, 4.69) is 42.0 Å². The first-order valence-electron chi connectivity index (χ1n) is 7.69. The first kappa shape index (κ1) is 15.6. The Labute approximate surface area is 127 Å². The van der Waals surface area contributed by atoms with Gasteiger partial charge in [-0.15, -0.1) is 0 Å². The van der Waals surface area contributed by atoms with Gasteiger partial charge < -0.3 is 10.2 Å². The van der Waals surface area contributed by atoms with Gasteiger partial charge in [0.15, 0.2) is 0 Å². The second-order valence-corrected chi connectivity index (χ2v) is 6.60. The summed E-state index contributed by atoms with van der Waals surface area (Å²) in [7, 11) is 0. The SMILES string of the molecule is CC1CCCN(c2cc(CNC(C)C)c(Cl)cn2)CC1. The number of anilines is 1. The van der Waals surface area contributed by atoms with Crippen LogP contribution in [0.2, 0.25) is 5.02 Å². The molecule has 1 atom stereocenters. The van der Waals surface area contributed by atoms with E-state index in [1.54, 1.807) is 6.20 Å². The topological polar surface area (TPSA) is 28.2 Å². The fourth-order valence-electron chi connectivity index (χ4n) is 2.58. The Morgan fingerprint density at radius 1 is 1.40 bits per heavy atom. The van der Waals surface area contributed by atoms with E-state index in [1.165, 1.54) is 19.3 Å². The Morgan fingerprint density at radius 3 is 2.95 bits per heavy atom. The van der Waals surface area contributed by atoms with Crippen LogP contribution >= 0.6 is 11.6 Å². The highest BCUT2D eigenvalue weighted by atomic mass is 35.5. The van der Waals surface area contributed by atoms with E-state index in [9.17, 15) is 0 Å². The molecule has 1 aromatic heterocycles. The van der Waals surface area contributed by atoms with Gasteiger partial charge >= 0.3 is 0 Å². The molecule has 4 heteroatoms. The number of aromatic nitrogens is 1. The summed E-state index contributed by atoms with van der Waals surface area (Å²) in [5.74, 6) is 1.90. The third kappa shape index (κ3) is 4.35. The Bertz CT molecular complexity index is 434. The fourth-order valence-corrected chi connectivity index (χ4v) is 2.75. The molecule has 1 aliphatic rings. The summed E-state index contributed by atoms with van der Waals surface area (Å²) in [6.07, 6.45) is 5.63. The summed E-state index contributed by atoms with van der Waals surface area (Å²) in [6, 6.07) is 2.61. The van der Waals surface area contributed by atoms with E-state index in [0.29, 0.717) is 6.04 Å².